The zero-order valence-corrected chi connectivity index (χ0v) is 12.5. The van der Waals surface area contributed by atoms with Crippen molar-refractivity contribution < 1.29 is 14.3 Å². The minimum atomic E-state index is -0.380. The molecule has 0 radical (unpaired) electrons. The fraction of sp³-hybridized carbons (Fsp3) is 0.429. The van der Waals surface area contributed by atoms with Crippen molar-refractivity contribution in [3.8, 4) is 0 Å². The van der Waals surface area contributed by atoms with Crippen LogP contribution < -0.4 is 10.6 Å². The highest BCUT2D eigenvalue weighted by molar-refractivity contribution is 7.10. The largest absolute Gasteiger partial charge is 0.378 e. The van der Waals surface area contributed by atoms with Crippen molar-refractivity contribution >= 4 is 23.3 Å². The van der Waals surface area contributed by atoms with Crippen molar-refractivity contribution in [2.45, 2.75) is 13.0 Å². The predicted octanol–water partition coefficient (Wildman–Crippen LogP) is 1.23. The van der Waals surface area contributed by atoms with Gasteiger partial charge in [-0.1, -0.05) is 6.07 Å². The Hall–Kier alpha value is -1.86. The van der Waals surface area contributed by atoms with Crippen molar-refractivity contribution in [1.82, 2.24) is 15.5 Å². The Labute approximate surface area is 126 Å². The van der Waals surface area contributed by atoms with Crippen LogP contribution in [0.2, 0.25) is 0 Å². The highest BCUT2D eigenvalue weighted by atomic mass is 32.1. The number of carbonyl (C=O) groups is 2. The number of ether oxygens (including phenoxy) is 1. The molecular weight excluding hydrogens is 290 g/mol. The summed E-state index contributed by atoms with van der Waals surface area (Å²) in [6.45, 7) is 4.05. The first kappa shape index (κ1) is 14.1. The summed E-state index contributed by atoms with van der Waals surface area (Å²) in [4.78, 5) is 27.3. The molecule has 3 rings (SSSR count). The van der Waals surface area contributed by atoms with E-state index >= 15 is 0 Å². The number of morpholine rings is 1. The lowest BCUT2D eigenvalue weighted by Crippen LogP contribution is -2.49. The predicted molar refractivity (Wildman–Crippen MR) is 78.8 cm³/mol. The van der Waals surface area contributed by atoms with E-state index in [4.69, 9.17) is 4.74 Å². The average Bonchev–Trinajstić information content (AvgIpc) is 3.01. The quantitative estimate of drug-likeness (QED) is 0.863. The Morgan fingerprint density at radius 1 is 1.43 bits per heavy atom. The molecule has 0 aliphatic carbocycles. The molecule has 2 N–H and O–H groups in total. The molecule has 0 saturated carbocycles. The van der Waals surface area contributed by atoms with E-state index in [-0.39, 0.29) is 18.0 Å². The molecule has 2 aliphatic heterocycles. The van der Waals surface area contributed by atoms with Crippen LogP contribution in [0.15, 0.2) is 28.8 Å². The van der Waals surface area contributed by atoms with Gasteiger partial charge >= 0.3 is 6.03 Å². The zero-order valence-electron chi connectivity index (χ0n) is 11.7. The lowest BCUT2D eigenvalue weighted by Gasteiger charge is -2.33. The van der Waals surface area contributed by atoms with Crippen LogP contribution in [-0.2, 0) is 9.53 Å². The molecule has 1 atom stereocenters. The van der Waals surface area contributed by atoms with Gasteiger partial charge in [-0.25, -0.2) is 4.79 Å². The van der Waals surface area contributed by atoms with Crippen LogP contribution in [0.1, 0.15) is 17.8 Å². The Morgan fingerprint density at radius 3 is 2.86 bits per heavy atom. The van der Waals surface area contributed by atoms with E-state index in [1.54, 1.807) is 11.8 Å². The van der Waals surface area contributed by atoms with Crippen molar-refractivity contribution in [2.75, 3.05) is 26.3 Å². The monoisotopic (exact) mass is 307 g/mol. The Kier molecular flexibility index (Phi) is 3.94. The third-order valence-corrected chi connectivity index (χ3v) is 4.56. The van der Waals surface area contributed by atoms with Gasteiger partial charge in [-0.3, -0.25) is 4.79 Å². The normalized spacial score (nSPS) is 22.8. The van der Waals surface area contributed by atoms with Gasteiger partial charge < -0.3 is 20.3 Å². The van der Waals surface area contributed by atoms with Crippen molar-refractivity contribution in [3.05, 3.63) is 33.7 Å². The van der Waals surface area contributed by atoms with Crippen molar-refractivity contribution in [1.29, 1.82) is 0 Å². The van der Waals surface area contributed by atoms with Gasteiger partial charge in [0.05, 0.1) is 24.8 Å². The molecule has 1 unspecified atom stereocenters. The molecule has 1 aromatic rings. The lowest BCUT2D eigenvalue weighted by molar-refractivity contribution is -0.131. The number of urea groups is 1. The summed E-state index contributed by atoms with van der Waals surface area (Å²) in [7, 11) is 0. The van der Waals surface area contributed by atoms with Crippen LogP contribution >= 0.6 is 11.3 Å². The third-order valence-electron chi connectivity index (χ3n) is 3.63. The molecule has 1 aromatic heterocycles. The van der Waals surface area contributed by atoms with E-state index in [0.29, 0.717) is 37.6 Å². The van der Waals surface area contributed by atoms with E-state index in [2.05, 4.69) is 10.6 Å². The van der Waals surface area contributed by atoms with Gasteiger partial charge in [0.15, 0.2) is 0 Å². The van der Waals surface area contributed by atoms with Crippen molar-refractivity contribution in [2.24, 2.45) is 0 Å². The van der Waals surface area contributed by atoms with Crippen molar-refractivity contribution in [3.63, 3.8) is 0 Å². The first-order chi connectivity index (χ1) is 10.2. The molecule has 2 aliphatic rings. The molecule has 0 spiro atoms. The second-order valence-corrected chi connectivity index (χ2v) is 5.97. The summed E-state index contributed by atoms with van der Waals surface area (Å²) < 4.78 is 5.29. The van der Waals surface area contributed by atoms with Gasteiger partial charge in [-0.2, -0.15) is 0 Å². The number of carbonyl (C=O) groups excluding carboxylic acids is 2. The molecule has 7 heteroatoms. The van der Waals surface area contributed by atoms with Crippen LogP contribution in [0.4, 0.5) is 4.79 Å². The van der Waals surface area contributed by atoms with Crippen LogP contribution in [-0.4, -0.2) is 43.1 Å². The smallest absolute Gasteiger partial charge is 0.319 e. The first-order valence-corrected chi connectivity index (χ1v) is 7.73. The van der Waals surface area contributed by atoms with E-state index in [9.17, 15) is 9.59 Å². The Bertz CT molecular complexity index is 576. The van der Waals surface area contributed by atoms with E-state index in [0.717, 1.165) is 4.88 Å². The maximum Gasteiger partial charge on any atom is 0.319 e. The van der Waals surface area contributed by atoms with Gasteiger partial charge in [0.2, 0.25) is 0 Å². The van der Waals surface area contributed by atoms with Crippen LogP contribution in [0, 0.1) is 0 Å². The molecule has 3 amide bonds. The highest BCUT2D eigenvalue weighted by Gasteiger charge is 2.34. The van der Waals surface area contributed by atoms with Gasteiger partial charge in [0.1, 0.15) is 0 Å². The minimum Gasteiger partial charge on any atom is -0.378 e. The molecule has 1 fully saturated rings. The lowest BCUT2D eigenvalue weighted by atomic mass is 10.00. The summed E-state index contributed by atoms with van der Waals surface area (Å²) in [5, 5.41) is 7.48. The maximum atomic E-state index is 12.8. The molecule has 1 saturated heterocycles. The van der Waals surface area contributed by atoms with Crippen LogP contribution in [0.25, 0.3) is 0 Å². The second kappa shape index (κ2) is 5.87. The van der Waals surface area contributed by atoms with E-state index in [1.165, 1.54) is 11.3 Å². The SMILES string of the molecule is CC1=C(C(=O)N2CCOCC2)C(c2cccs2)NC(=O)N1. The molecule has 0 aromatic carbocycles. The van der Waals surface area contributed by atoms with Crippen LogP contribution in [0.3, 0.4) is 0 Å². The van der Waals surface area contributed by atoms with E-state index < -0.39 is 0 Å². The molecular formula is C14H17N3O3S. The number of amides is 3. The molecule has 21 heavy (non-hydrogen) atoms. The average molecular weight is 307 g/mol. The second-order valence-electron chi connectivity index (χ2n) is 4.99. The fourth-order valence-corrected chi connectivity index (χ4v) is 3.37. The van der Waals surface area contributed by atoms with Gasteiger partial charge in [0.25, 0.3) is 5.91 Å². The highest BCUT2D eigenvalue weighted by Crippen LogP contribution is 2.30. The number of thiophene rings is 1. The third kappa shape index (κ3) is 2.79. The number of allylic oxidation sites excluding steroid dienone is 1. The minimum absolute atomic E-state index is 0.0401. The van der Waals surface area contributed by atoms with Crippen LogP contribution in [0.5, 0.6) is 0 Å². The first-order valence-electron chi connectivity index (χ1n) is 6.85. The summed E-state index contributed by atoms with van der Waals surface area (Å²) in [5.41, 5.74) is 1.23. The van der Waals surface area contributed by atoms with Gasteiger partial charge in [0, 0.05) is 23.7 Å². The molecule has 3 heterocycles. The van der Waals surface area contributed by atoms with Gasteiger partial charge in [-0.05, 0) is 18.4 Å². The summed E-state index contributed by atoms with van der Waals surface area (Å²) in [6, 6.07) is 3.19. The number of nitrogens with zero attached hydrogens (tertiary/aromatic N) is 1. The van der Waals surface area contributed by atoms with E-state index in [1.807, 2.05) is 17.5 Å². The standard InChI is InChI=1S/C14H17N3O3S/c1-9-11(13(18)17-4-6-20-7-5-17)12(16-14(19)15-9)10-3-2-8-21-10/h2-3,8,12H,4-7H2,1H3,(H2,15,16,19). The Balaban J connectivity index is 1.93. The summed E-state index contributed by atoms with van der Waals surface area (Å²) >= 11 is 1.53. The molecule has 112 valence electrons. The zero-order chi connectivity index (χ0) is 14.8. The number of nitrogens with one attached hydrogen (secondary N) is 2. The summed E-state index contributed by atoms with van der Waals surface area (Å²) in [6.07, 6.45) is 0. The number of hydrogen-bond donors (Lipinski definition) is 2. The molecule has 6 nitrogen and oxygen atoms in total. The fourth-order valence-electron chi connectivity index (χ4n) is 2.58. The Morgan fingerprint density at radius 2 is 2.19 bits per heavy atom. The molecule has 0 bridgehead atoms. The summed E-state index contributed by atoms with van der Waals surface area (Å²) in [5.74, 6) is -0.0401. The van der Waals surface area contributed by atoms with Gasteiger partial charge in [-0.15, -0.1) is 11.3 Å². The topological polar surface area (TPSA) is 70.7 Å². The number of rotatable bonds is 2. The number of hydrogen-bond acceptors (Lipinski definition) is 4. The maximum absolute atomic E-state index is 12.8.